The molecule has 0 spiro atoms. The predicted octanol–water partition coefficient (Wildman–Crippen LogP) is 3.13. The predicted molar refractivity (Wildman–Crippen MR) is 237 cm³/mol. The van der Waals surface area contributed by atoms with Crippen LogP contribution in [-0.4, -0.2) is 134 Å². The lowest BCUT2D eigenvalue weighted by Crippen LogP contribution is -2.52. The minimum absolute atomic E-state index is 0.163. The molecule has 348 valence electrons. The van der Waals surface area contributed by atoms with Gasteiger partial charge in [-0.05, 0) is 91.4 Å². The summed E-state index contributed by atoms with van der Waals surface area (Å²) in [4.78, 5) is 60.0. The lowest BCUT2D eigenvalue weighted by Gasteiger charge is -2.41. The molecule has 4 fully saturated rings. The van der Waals surface area contributed by atoms with E-state index in [1.807, 2.05) is 41.9 Å². The van der Waals surface area contributed by atoms with Gasteiger partial charge in [-0.3, -0.25) is 33.6 Å². The topological polar surface area (TPSA) is 155 Å². The number of imide groups is 1. The first-order chi connectivity index (χ1) is 31.8. The number of halogens is 3. The number of anilines is 1. The number of pyridine rings is 1. The molecule has 16 nitrogen and oxygen atoms in total. The van der Waals surface area contributed by atoms with Crippen LogP contribution in [0.1, 0.15) is 64.1 Å². The number of fused-ring (bicyclic) bond motifs is 2. The van der Waals surface area contributed by atoms with Crippen molar-refractivity contribution in [3.8, 4) is 5.69 Å². The monoisotopic (exact) mass is 909 g/mol. The van der Waals surface area contributed by atoms with E-state index in [1.54, 1.807) is 17.3 Å². The highest BCUT2D eigenvalue weighted by atomic mass is 19.4. The molecule has 1 atom stereocenters. The maximum absolute atomic E-state index is 14.5. The first-order valence-electron chi connectivity index (χ1n) is 22.9. The molecule has 4 saturated heterocycles. The van der Waals surface area contributed by atoms with Crippen LogP contribution >= 0.6 is 0 Å². The van der Waals surface area contributed by atoms with Crippen molar-refractivity contribution in [2.75, 3.05) is 77.0 Å². The molecule has 0 saturated carbocycles. The van der Waals surface area contributed by atoms with Crippen molar-refractivity contribution in [2.24, 2.45) is 13.0 Å². The quantitative estimate of drug-likeness (QED) is 0.132. The van der Waals surface area contributed by atoms with Gasteiger partial charge in [-0.25, -0.2) is 4.79 Å². The zero-order valence-electron chi connectivity index (χ0n) is 36.9. The third-order valence-corrected chi connectivity index (χ3v) is 14.3. The van der Waals surface area contributed by atoms with Crippen LogP contribution in [-0.2, 0) is 52.5 Å². The Morgan fingerprint density at radius 2 is 1.71 bits per heavy atom. The van der Waals surface area contributed by atoms with E-state index in [1.165, 1.54) is 17.0 Å². The van der Waals surface area contributed by atoms with Crippen molar-refractivity contribution in [3.05, 3.63) is 111 Å². The van der Waals surface area contributed by atoms with Gasteiger partial charge in [0.25, 0.3) is 5.91 Å². The molecule has 0 aliphatic carbocycles. The molecular formula is C47H54F3N11O5. The SMILES string of the molecule is Cn1cnnc1CC1(c2cccc(-n3cc4c(C(F)(F)F)cc(CNCCN5CCC(CN6CCN(c7ccc8c(c7)CN(C7CCC(=O)NC7=O)C8=O)CC6)CC5)cn4c3=O)c2)COC1. The fraction of sp³-hybridized carbons (Fsp3) is 0.489. The van der Waals surface area contributed by atoms with Crippen molar-refractivity contribution in [3.63, 3.8) is 0 Å². The van der Waals surface area contributed by atoms with Crippen molar-refractivity contribution < 1.29 is 32.3 Å². The van der Waals surface area contributed by atoms with E-state index in [2.05, 4.69) is 41.6 Å². The number of aryl methyl sites for hydroxylation is 1. The van der Waals surface area contributed by atoms with E-state index < -0.39 is 34.8 Å². The van der Waals surface area contributed by atoms with Crippen LogP contribution in [0.2, 0.25) is 0 Å². The summed E-state index contributed by atoms with van der Waals surface area (Å²) in [5.74, 6) is 0.508. The molecular weight excluding hydrogens is 856 g/mol. The minimum atomic E-state index is -4.67. The Hall–Kier alpha value is -5.89. The number of rotatable bonds is 13. The van der Waals surface area contributed by atoms with Crippen molar-refractivity contribution >= 4 is 28.9 Å². The lowest BCUT2D eigenvalue weighted by atomic mass is 9.75. The highest BCUT2D eigenvalue weighted by molar-refractivity contribution is 6.05. The fourth-order valence-electron chi connectivity index (χ4n) is 10.4. The van der Waals surface area contributed by atoms with Gasteiger partial charge in [0.1, 0.15) is 18.2 Å². The number of piperidine rings is 2. The summed E-state index contributed by atoms with van der Waals surface area (Å²) in [5, 5.41) is 13.9. The Morgan fingerprint density at radius 3 is 2.42 bits per heavy atom. The lowest BCUT2D eigenvalue weighted by molar-refractivity contribution is -0.137. The van der Waals surface area contributed by atoms with Gasteiger partial charge in [0, 0.05) is 108 Å². The average Bonchev–Trinajstić information content (AvgIpc) is 3.96. The number of ether oxygens (including phenoxy) is 1. The van der Waals surface area contributed by atoms with Crippen LogP contribution in [0.4, 0.5) is 18.9 Å². The Kier molecular flexibility index (Phi) is 11.8. The number of amides is 3. The number of nitrogens with one attached hydrogen (secondary N) is 2. The van der Waals surface area contributed by atoms with E-state index in [4.69, 9.17) is 4.74 Å². The van der Waals surface area contributed by atoms with Crippen LogP contribution in [0, 0.1) is 5.92 Å². The molecule has 2 N–H and O–H groups in total. The summed E-state index contributed by atoms with van der Waals surface area (Å²) >= 11 is 0. The molecule has 8 heterocycles. The number of hydrogen-bond donors (Lipinski definition) is 2. The zero-order valence-corrected chi connectivity index (χ0v) is 36.9. The molecule has 0 bridgehead atoms. The Balaban J connectivity index is 0.697. The number of aromatic nitrogens is 5. The maximum Gasteiger partial charge on any atom is 0.418 e. The van der Waals surface area contributed by atoms with Gasteiger partial charge in [-0.2, -0.15) is 13.2 Å². The molecule has 0 radical (unpaired) electrons. The molecule has 5 aromatic rings. The van der Waals surface area contributed by atoms with Crippen LogP contribution in [0.15, 0.2) is 72.0 Å². The highest BCUT2D eigenvalue weighted by Crippen LogP contribution is 2.38. The normalized spacial score (nSPS) is 20.8. The molecule has 3 amide bonds. The van der Waals surface area contributed by atoms with Crippen LogP contribution < -0.4 is 21.2 Å². The summed E-state index contributed by atoms with van der Waals surface area (Å²) in [6, 6.07) is 13.8. The third-order valence-electron chi connectivity index (χ3n) is 14.3. The number of imidazole rings is 1. The number of nitrogens with zero attached hydrogens (tertiary/aromatic N) is 9. The summed E-state index contributed by atoms with van der Waals surface area (Å²) in [6.07, 6.45) is 3.05. The summed E-state index contributed by atoms with van der Waals surface area (Å²) in [7, 11) is 1.87. The average molecular weight is 910 g/mol. The third kappa shape index (κ3) is 8.64. The van der Waals surface area contributed by atoms with E-state index in [-0.39, 0.29) is 30.3 Å². The molecule has 19 heteroatoms. The van der Waals surface area contributed by atoms with Gasteiger partial charge in [0.2, 0.25) is 11.8 Å². The highest BCUT2D eigenvalue weighted by Gasteiger charge is 2.43. The van der Waals surface area contributed by atoms with Crippen LogP contribution in [0.3, 0.4) is 0 Å². The van der Waals surface area contributed by atoms with Gasteiger partial charge < -0.3 is 29.3 Å². The second-order valence-corrected chi connectivity index (χ2v) is 18.6. The van der Waals surface area contributed by atoms with Gasteiger partial charge >= 0.3 is 11.9 Å². The Morgan fingerprint density at radius 1 is 0.909 bits per heavy atom. The standard InChI is InChI=1S/C47H54F3N11O5/c1-55-30-52-54-41(55)22-46(28-66-29-46)34-3-2-4-36(21-34)59-27-40-38(47(48,49)50)19-32(25-61(40)45(59)65)23-51-11-14-56-12-9-31(10-13-56)24-57-15-17-58(18-16-57)35-5-6-37-33(20-35)26-60(44(37)64)39-7-8-42(62)53-43(39)63/h2-6,19-21,25,27,30-31,39,51H,7-18,22-24,26,28-29H2,1H3,(H,53,62,63). The fourth-order valence-corrected chi connectivity index (χ4v) is 10.4. The minimum Gasteiger partial charge on any atom is -0.379 e. The number of alkyl halides is 3. The molecule has 66 heavy (non-hydrogen) atoms. The Labute approximate surface area is 379 Å². The molecule has 5 aliphatic heterocycles. The van der Waals surface area contributed by atoms with Gasteiger partial charge in [-0.1, -0.05) is 12.1 Å². The maximum atomic E-state index is 14.5. The van der Waals surface area contributed by atoms with Crippen molar-refractivity contribution in [1.29, 1.82) is 0 Å². The smallest absolute Gasteiger partial charge is 0.379 e. The van der Waals surface area contributed by atoms with Crippen molar-refractivity contribution in [2.45, 2.75) is 62.8 Å². The first kappa shape index (κ1) is 44.0. The van der Waals surface area contributed by atoms with Gasteiger partial charge in [-0.15, -0.1) is 10.2 Å². The molecule has 5 aliphatic rings. The number of carbonyl (C=O) groups excluding carboxylic acids is 3. The van der Waals surface area contributed by atoms with E-state index in [9.17, 15) is 32.3 Å². The van der Waals surface area contributed by atoms with E-state index >= 15 is 0 Å². The molecule has 1 unspecified atom stereocenters. The first-order valence-corrected chi connectivity index (χ1v) is 22.9. The largest absolute Gasteiger partial charge is 0.418 e. The number of hydrogen-bond acceptors (Lipinski definition) is 11. The van der Waals surface area contributed by atoms with Crippen LogP contribution in [0.5, 0.6) is 0 Å². The number of piperazine rings is 1. The molecule has 3 aromatic heterocycles. The van der Waals surface area contributed by atoms with E-state index in [0.29, 0.717) is 61.9 Å². The molecule has 10 rings (SSSR count). The number of carbonyl (C=O) groups is 3. The number of likely N-dealkylation sites (tertiary alicyclic amines) is 1. The van der Waals surface area contributed by atoms with E-state index in [0.717, 1.165) is 98.3 Å². The molecule has 2 aromatic carbocycles. The van der Waals surface area contributed by atoms with Gasteiger partial charge in [0.15, 0.2) is 0 Å². The second-order valence-electron chi connectivity index (χ2n) is 18.6. The van der Waals surface area contributed by atoms with Crippen molar-refractivity contribution in [1.82, 2.24) is 49.1 Å². The summed E-state index contributed by atoms with van der Waals surface area (Å²) in [6.45, 7) is 9.41. The number of benzene rings is 2. The Bertz CT molecular complexity index is 2710. The summed E-state index contributed by atoms with van der Waals surface area (Å²) < 4.78 is 53.5. The summed E-state index contributed by atoms with van der Waals surface area (Å²) in [5.41, 5.74) is 2.33. The van der Waals surface area contributed by atoms with Crippen LogP contribution in [0.25, 0.3) is 11.2 Å². The van der Waals surface area contributed by atoms with Gasteiger partial charge in [0.05, 0.1) is 30.0 Å². The second kappa shape index (κ2) is 17.7. The zero-order chi connectivity index (χ0) is 45.7.